The number of ether oxygens (including phenoxy) is 2. The zero-order chi connectivity index (χ0) is 17.3. The van der Waals surface area contributed by atoms with Crippen molar-refractivity contribution in [1.29, 1.82) is 0 Å². The molecule has 1 N–H and O–H groups in total. The maximum absolute atomic E-state index is 12.6. The van der Waals surface area contributed by atoms with Crippen LogP contribution in [0.15, 0.2) is 36.4 Å². The van der Waals surface area contributed by atoms with Crippen LogP contribution in [0, 0.1) is 0 Å². The van der Waals surface area contributed by atoms with E-state index in [0.29, 0.717) is 37.5 Å². The van der Waals surface area contributed by atoms with E-state index in [2.05, 4.69) is 5.32 Å². The number of hydrogen-bond acceptors (Lipinski definition) is 4. The topological polar surface area (TPSA) is 47.6 Å². The van der Waals surface area contributed by atoms with E-state index in [4.69, 9.17) is 32.7 Å². The number of thiophene rings is 1. The Morgan fingerprint density at radius 1 is 1.08 bits per heavy atom. The van der Waals surface area contributed by atoms with E-state index in [9.17, 15) is 4.79 Å². The fourth-order valence-electron chi connectivity index (χ4n) is 2.28. The third-order valence-corrected chi connectivity index (χ3v) is 5.38. The summed E-state index contributed by atoms with van der Waals surface area (Å²) in [6.45, 7) is 0. The first-order valence-electron chi connectivity index (χ1n) is 6.94. The highest BCUT2D eigenvalue weighted by Crippen LogP contribution is 2.39. The maximum Gasteiger partial charge on any atom is 0.267 e. The lowest BCUT2D eigenvalue weighted by molar-refractivity contribution is 0.103. The molecule has 4 nitrogen and oxygen atoms in total. The van der Waals surface area contributed by atoms with Crippen molar-refractivity contribution in [3.63, 3.8) is 0 Å². The number of anilines is 1. The smallest absolute Gasteiger partial charge is 0.267 e. The summed E-state index contributed by atoms with van der Waals surface area (Å²) in [6.07, 6.45) is 0. The quantitative estimate of drug-likeness (QED) is 0.650. The Balaban J connectivity index is 1.96. The first-order chi connectivity index (χ1) is 11.5. The molecule has 0 aliphatic carbocycles. The van der Waals surface area contributed by atoms with Crippen molar-refractivity contribution in [2.24, 2.45) is 0 Å². The number of benzene rings is 2. The van der Waals surface area contributed by atoms with E-state index in [1.165, 1.54) is 11.3 Å². The second-order valence-corrected chi connectivity index (χ2v) is 6.75. The van der Waals surface area contributed by atoms with Gasteiger partial charge in [-0.3, -0.25) is 4.79 Å². The normalized spacial score (nSPS) is 10.7. The van der Waals surface area contributed by atoms with Crippen LogP contribution in [0.1, 0.15) is 9.67 Å². The summed E-state index contributed by atoms with van der Waals surface area (Å²) in [4.78, 5) is 13.0. The van der Waals surface area contributed by atoms with Crippen molar-refractivity contribution < 1.29 is 14.3 Å². The SMILES string of the molecule is COc1cc(NC(=O)c2sc3cccc(Cl)c3c2Cl)cc(OC)c1. The first kappa shape index (κ1) is 16.9. The van der Waals surface area contributed by atoms with Crippen molar-refractivity contribution in [3.05, 3.63) is 51.3 Å². The van der Waals surface area contributed by atoms with E-state index in [1.54, 1.807) is 38.5 Å². The third kappa shape index (κ3) is 3.15. The Kier molecular flexibility index (Phi) is 4.85. The molecule has 1 amide bonds. The summed E-state index contributed by atoms with van der Waals surface area (Å²) >= 11 is 13.8. The van der Waals surface area contributed by atoms with E-state index >= 15 is 0 Å². The molecule has 0 radical (unpaired) electrons. The molecule has 0 unspecified atom stereocenters. The highest BCUT2D eigenvalue weighted by Gasteiger charge is 2.19. The third-order valence-electron chi connectivity index (χ3n) is 3.42. The molecule has 0 saturated carbocycles. The van der Waals surface area contributed by atoms with Gasteiger partial charge >= 0.3 is 0 Å². The fourth-order valence-corrected chi connectivity index (χ4v) is 4.13. The molecule has 0 saturated heterocycles. The molecule has 24 heavy (non-hydrogen) atoms. The number of carbonyl (C=O) groups excluding carboxylic acids is 1. The van der Waals surface area contributed by atoms with E-state index in [1.807, 2.05) is 12.1 Å². The fraction of sp³-hybridized carbons (Fsp3) is 0.118. The van der Waals surface area contributed by atoms with E-state index in [-0.39, 0.29) is 5.91 Å². The van der Waals surface area contributed by atoms with Crippen LogP contribution in [0.5, 0.6) is 11.5 Å². The molecule has 2 aromatic carbocycles. The Labute approximate surface area is 152 Å². The minimum absolute atomic E-state index is 0.312. The van der Waals surface area contributed by atoms with E-state index in [0.717, 1.165) is 4.70 Å². The molecule has 124 valence electrons. The number of nitrogens with one attached hydrogen (secondary N) is 1. The highest BCUT2D eigenvalue weighted by molar-refractivity contribution is 7.21. The van der Waals surface area contributed by atoms with Gasteiger partial charge in [-0.1, -0.05) is 29.3 Å². The number of carbonyl (C=O) groups is 1. The molecule has 0 atom stereocenters. The summed E-state index contributed by atoms with van der Waals surface area (Å²) < 4.78 is 11.3. The van der Waals surface area contributed by atoms with Gasteiger partial charge in [0.1, 0.15) is 16.4 Å². The molecule has 7 heteroatoms. The van der Waals surface area contributed by atoms with Crippen LogP contribution < -0.4 is 14.8 Å². The monoisotopic (exact) mass is 381 g/mol. The number of rotatable bonds is 4. The Morgan fingerprint density at radius 2 is 1.75 bits per heavy atom. The van der Waals surface area contributed by atoms with Crippen LogP contribution in [0.3, 0.4) is 0 Å². The Morgan fingerprint density at radius 3 is 2.33 bits per heavy atom. The summed E-state index contributed by atoms with van der Waals surface area (Å²) in [7, 11) is 3.09. The second kappa shape index (κ2) is 6.89. The van der Waals surface area contributed by atoms with Gasteiger partial charge in [-0.25, -0.2) is 0 Å². The van der Waals surface area contributed by atoms with Crippen molar-refractivity contribution in [1.82, 2.24) is 0 Å². The summed E-state index contributed by atoms with van der Waals surface area (Å²) in [5.41, 5.74) is 0.552. The molecule has 0 aliphatic heterocycles. The van der Waals surface area contributed by atoms with Crippen LogP contribution in [-0.2, 0) is 0 Å². The number of halogens is 2. The molecule has 0 bridgehead atoms. The molecule has 1 aromatic heterocycles. The van der Waals surface area contributed by atoms with Crippen LogP contribution >= 0.6 is 34.5 Å². The van der Waals surface area contributed by atoms with Crippen molar-refractivity contribution in [3.8, 4) is 11.5 Å². The minimum atomic E-state index is -0.312. The van der Waals surface area contributed by atoms with Gasteiger partial charge in [0.25, 0.3) is 5.91 Å². The van der Waals surface area contributed by atoms with Gasteiger partial charge in [0, 0.05) is 34.0 Å². The number of methoxy groups -OCH3 is 2. The van der Waals surface area contributed by atoms with E-state index < -0.39 is 0 Å². The molecule has 0 fully saturated rings. The number of amides is 1. The Bertz CT molecular complexity index is 901. The van der Waals surface area contributed by atoms with Gasteiger partial charge in [0.2, 0.25) is 0 Å². The van der Waals surface area contributed by atoms with Crippen molar-refractivity contribution >= 4 is 56.2 Å². The summed E-state index contributed by atoms with van der Waals surface area (Å²) in [5, 5.41) is 4.39. The standard InChI is InChI=1S/C17H13Cl2NO3S/c1-22-10-6-9(7-11(8-10)23-2)20-17(21)16-15(19)14-12(18)4-3-5-13(14)24-16/h3-8H,1-2H3,(H,20,21). The lowest BCUT2D eigenvalue weighted by Gasteiger charge is -2.09. The molecule has 3 aromatic rings. The molecular formula is C17H13Cl2NO3S. The van der Waals surface area contributed by atoms with Gasteiger partial charge in [-0.05, 0) is 12.1 Å². The molecule has 1 heterocycles. The predicted octanol–water partition coefficient (Wildman–Crippen LogP) is 5.48. The summed E-state index contributed by atoms with van der Waals surface area (Å²) in [5.74, 6) is 0.845. The Hall–Kier alpha value is -1.95. The van der Waals surface area contributed by atoms with Gasteiger partial charge in [0.15, 0.2) is 0 Å². The maximum atomic E-state index is 12.6. The zero-order valence-corrected chi connectivity index (χ0v) is 15.2. The van der Waals surface area contributed by atoms with Crippen LogP contribution in [0.4, 0.5) is 5.69 Å². The van der Waals surface area contributed by atoms with Gasteiger partial charge < -0.3 is 14.8 Å². The first-order valence-corrected chi connectivity index (χ1v) is 8.51. The minimum Gasteiger partial charge on any atom is -0.497 e. The zero-order valence-electron chi connectivity index (χ0n) is 12.9. The molecule has 0 spiro atoms. The largest absolute Gasteiger partial charge is 0.497 e. The van der Waals surface area contributed by atoms with Crippen LogP contribution in [-0.4, -0.2) is 20.1 Å². The van der Waals surface area contributed by atoms with Gasteiger partial charge in [-0.15, -0.1) is 11.3 Å². The van der Waals surface area contributed by atoms with Gasteiger partial charge in [0.05, 0.1) is 24.3 Å². The van der Waals surface area contributed by atoms with Crippen LogP contribution in [0.2, 0.25) is 10.0 Å². The average Bonchev–Trinajstić information content (AvgIpc) is 2.92. The summed E-state index contributed by atoms with van der Waals surface area (Å²) in [6, 6.07) is 10.6. The average molecular weight is 382 g/mol. The van der Waals surface area contributed by atoms with Crippen molar-refractivity contribution in [2.75, 3.05) is 19.5 Å². The second-order valence-electron chi connectivity index (χ2n) is 4.91. The predicted molar refractivity (Wildman–Crippen MR) is 99.3 cm³/mol. The molecular weight excluding hydrogens is 369 g/mol. The van der Waals surface area contributed by atoms with Crippen molar-refractivity contribution in [2.45, 2.75) is 0 Å². The highest BCUT2D eigenvalue weighted by atomic mass is 35.5. The number of fused-ring (bicyclic) bond motifs is 1. The van der Waals surface area contributed by atoms with Crippen LogP contribution in [0.25, 0.3) is 10.1 Å². The lowest BCUT2D eigenvalue weighted by Crippen LogP contribution is -2.10. The molecule has 0 aliphatic rings. The number of hydrogen-bond donors (Lipinski definition) is 1. The lowest BCUT2D eigenvalue weighted by atomic mass is 10.2. The van der Waals surface area contributed by atoms with Gasteiger partial charge in [-0.2, -0.15) is 0 Å². The molecule has 3 rings (SSSR count).